The maximum atomic E-state index is 12.7. The molecule has 9 nitrogen and oxygen atoms in total. The number of esters is 1. The van der Waals surface area contributed by atoms with Gasteiger partial charge in [-0.15, -0.1) is 0 Å². The van der Waals surface area contributed by atoms with Gasteiger partial charge >= 0.3 is 5.97 Å². The molecule has 0 amide bonds. The molecule has 2 aliphatic carbocycles. The lowest BCUT2D eigenvalue weighted by molar-refractivity contribution is -0.712. The first-order chi connectivity index (χ1) is 15.6. The van der Waals surface area contributed by atoms with Crippen LogP contribution in [0.15, 0.2) is 0 Å². The maximum Gasteiger partial charge on any atom is 0.313 e. The highest BCUT2D eigenvalue weighted by Crippen LogP contribution is 2.42. The summed E-state index contributed by atoms with van der Waals surface area (Å²) >= 11 is 0. The Morgan fingerprint density at radius 2 is 2.00 bits per heavy atom. The fraction of sp³-hybridized carbons (Fsp3) is 0.957. The normalized spacial score (nSPS) is 44.7. The molecule has 32 heavy (non-hydrogen) atoms. The van der Waals surface area contributed by atoms with E-state index in [1.807, 2.05) is 0 Å². The SMILES string of the molecule is COCCN1CCN2C(C1)[NH2+]C1CC(NC3OC(=O)C4C3CCC(OC)C4OC)CCC12. The average molecular weight is 454 g/mol. The topological polar surface area (TPSA) is 89.1 Å². The summed E-state index contributed by atoms with van der Waals surface area (Å²) in [5, 5.41) is 6.35. The van der Waals surface area contributed by atoms with E-state index < -0.39 is 0 Å². The van der Waals surface area contributed by atoms with E-state index in [1.165, 1.54) is 6.42 Å². The smallest absolute Gasteiger partial charge is 0.313 e. The number of nitrogens with zero attached hydrogens (tertiary/aromatic N) is 2. The van der Waals surface area contributed by atoms with Crippen molar-refractivity contribution in [2.75, 3.05) is 54.1 Å². The third-order valence-corrected chi connectivity index (χ3v) is 8.76. The number of carbonyl (C=O) groups excluding carboxylic acids is 1. The number of cyclic esters (lactones) is 1. The fourth-order valence-electron chi connectivity index (χ4n) is 7.19. The molecule has 182 valence electrons. The molecule has 0 aromatic rings. The van der Waals surface area contributed by atoms with Crippen molar-refractivity contribution in [3.63, 3.8) is 0 Å². The van der Waals surface area contributed by atoms with Crippen molar-refractivity contribution < 1.29 is 29.1 Å². The number of quaternary nitrogens is 1. The standard InChI is InChI=1S/C23H40N4O5/c1-29-11-10-26-8-9-27-17-6-4-14(12-16(17)25-19(27)13-26)24-22-15-5-7-18(30-2)21(31-3)20(15)23(28)32-22/h14-22,24-25H,4-13H2,1-3H3/p+1. The second-order valence-corrected chi connectivity index (χ2v) is 10.3. The van der Waals surface area contributed by atoms with E-state index in [9.17, 15) is 4.79 Å². The van der Waals surface area contributed by atoms with E-state index in [2.05, 4.69) is 20.4 Å². The Morgan fingerprint density at radius 3 is 2.78 bits per heavy atom. The fourth-order valence-corrected chi connectivity index (χ4v) is 7.19. The predicted octanol–water partition coefficient (Wildman–Crippen LogP) is -1.03. The number of ether oxygens (including phenoxy) is 4. The van der Waals surface area contributed by atoms with Gasteiger partial charge in [-0.1, -0.05) is 0 Å². The zero-order valence-corrected chi connectivity index (χ0v) is 19.8. The van der Waals surface area contributed by atoms with Crippen LogP contribution in [0.4, 0.5) is 0 Å². The highest BCUT2D eigenvalue weighted by Gasteiger charge is 2.55. The number of hydrogen-bond acceptors (Lipinski definition) is 8. The summed E-state index contributed by atoms with van der Waals surface area (Å²) in [6.07, 6.45) is 5.46. The molecule has 0 radical (unpaired) electrons. The Kier molecular flexibility index (Phi) is 7.04. The van der Waals surface area contributed by atoms with Gasteiger partial charge in [-0.25, -0.2) is 4.90 Å². The minimum absolute atomic E-state index is 0.0306. The molecule has 9 heteroatoms. The number of fused-ring (bicyclic) bond motifs is 4. The number of hydrogen-bond donors (Lipinski definition) is 2. The maximum absolute atomic E-state index is 12.7. The van der Waals surface area contributed by atoms with Gasteiger partial charge in [0.2, 0.25) is 0 Å². The van der Waals surface area contributed by atoms with Gasteiger partial charge in [0.05, 0.1) is 37.3 Å². The summed E-state index contributed by atoms with van der Waals surface area (Å²) in [5.41, 5.74) is 0. The number of rotatable bonds is 7. The van der Waals surface area contributed by atoms with Crippen LogP contribution in [0.1, 0.15) is 32.1 Å². The summed E-state index contributed by atoms with van der Waals surface area (Å²) in [6.45, 7) is 5.26. The van der Waals surface area contributed by atoms with Crippen molar-refractivity contribution in [3.8, 4) is 0 Å². The predicted molar refractivity (Wildman–Crippen MR) is 117 cm³/mol. The Balaban J connectivity index is 1.17. The molecule has 5 aliphatic rings. The number of piperazine rings is 1. The number of carbonyl (C=O) groups is 1. The van der Waals surface area contributed by atoms with Gasteiger partial charge in [0.1, 0.15) is 6.04 Å². The average Bonchev–Trinajstić information content (AvgIpc) is 3.33. The summed E-state index contributed by atoms with van der Waals surface area (Å²) in [7, 11) is 5.16. The molecule has 3 aliphatic heterocycles. The van der Waals surface area contributed by atoms with Crippen LogP contribution in [0.25, 0.3) is 0 Å². The first-order valence-electron chi connectivity index (χ1n) is 12.5. The van der Waals surface area contributed by atoms with Gasteiger partial charge in [0.15, 0.2) is 12.4 Å². The van der Waals surface area contributed by atoms with Crippen molar-refractivity contribution in [2.24, 2.45) is 11.8 Å². The first kappa shape index (κ1) is 23.0. The molecule has 9 atom stereocenters. The van der Waals surface area contributed by atoms with Gasteiger partial charge < -0.3 is 24.3 Å². The van der Waals surface area contributed by atoms with E-state index >= 15 is 0 Å². The molecule has 0 bridgehead atoms. The molecule has 9 unspecified atom stereocenters. The number of nitrogens with two attached hydrogens (primary N) is 1. The molecule has 3 saturated heterocycles. The molecule has 0 aromatic carbocycles. The molecule has 3 N–H and O–H groups in total. The minimum atomic E-state index is -0.224. The monoisotopic (exact) mass is 453 g/mol. The van der Waals surface area contributed by atoms with Crippen LogP contribution in [0, 0.1) is 11.8 Å². The minimum Gasteiger partial charge on any atom is -0.446 e. The van der Waals surface area contributed by atoms with Crippen molar-refractivity contribution in [1.82, 2.24) is 15.1 Å². The lowest BCUT2D eigenvalue weighted by atomic mass is 9.76. The van der Waals surface area contributed by atoms with E-state index in [1.54, 1.807) is 21.3 Å². The molecule has 5 fully saturated rings. The number of nitrogens with one attached hydrogen (secondary N) is 1. The summed E-state index contributed by atoms with van der Waals surface area (Å²) in [4.78, 5) is 18.0. The van der Waals surface area contributed by atoms with Gasteiger partial charge in [-0.2, -0.15) is 0 Å². The van der Waals surface area contributed by atoms with E-state index in [4.69, 9.17) is 18.9 Å². The lowest BCUT2D eigenvalue weighted by Gasteiger charge is -2.39. The zero-order chi connectivity index (χ0) is 22.2. The first-order valence-corrected chi connectivity index (χ1v) is 12.5. The molecule has 3 heterocycles. The van der Waals surface area contributed by atoms with E-state index in [0.29, 0.717) is 24.3 Å². The van der Waals surface area contributed by atoms with E-state index in [-0.39, 0.29) is 36.2 Å². The number of methoxy groups -OCH3 is 3. The van der Waals surface area contributed by atoms with Crippen LogP contribution in [-0.2, 0) is 23.7 Å². The molecule has 0 aromatic heterocycles. The summed E-state index contributed by atoms with van der Waals surface area (Å²) < 4.78 is 22.4. The van der Waals surface area contributed by atoms with Crippen LogP contribution in [0.5, 0.6) is 0 Å². The highest BCUT2D eigenvalue weighted by atomic mass is 16.6. The van der Waals surface area contributed by atoms with E-state index in [0.717, 1.165) is 58.5 Å². The van der Waals surface area contributed by atoms with Crippen molar-refractivity contribution >= 4 is 5.97 Å². The second-order valence-electron chi connectivity index (χ2n) is 10.3. The Morgan fingerprint density at radius 1 is 1.12 bits per heavy atom. The second kappa shape index (κ2) is 9.82. The Hall–Kier alpha value is -0.810. The van der Waals surface area contributed by atoms with Crippen LogP contribution in [0.2, 0.25) is 0 Å². The third-order valence-electron chi connectivity index (χ3n) is 8.76. The highest BCUT2D eigenvalue weighted by molar-refractivity contribution is 5.76. The molecular formula is C23H41N4O5+. The largest absolute Gasteiger partial charge is 0.446 e. The van der Waals surface area contributed by atoms with Crippen LogP contribution in [-0.4, -0.2) is 113 Å². The van der Waals surface area contributed by atoms with Crippen molar-refractivity contribution in [2.45, 2.75) is 74.8 Å². The molecule has 5 rings (SSSR count). The van der Waals surface area contributed by atoms with Crippen LogP contribution in [0.3, 0.4) is 0 Å². The van der Waals surface area contributed by atoms with Crippen LogP contribution < -0.4 is 10.6 Å². The van der Waals surface area contributed by atoms with Crippen molar-refractivity contribution in [1.29, 1.82) is 0 Å². The van der Waals surface area contributed by atoms with Gasteiger partial charge in [-0.05, 0) is 25.7 Å². The molecule has 0 spiro atoms. The van der Waals surface area contributed by atoms with Crippen LogP contribution >= 0.6 is 0 Å². The van der Waals surface area contributed by atoms with Gasteiger partial charge in [-0.3, -0.25) is 15.0 Å². The molecular weight excluding hydrogens is 412 g/mol. The summed E-state index contributed by atoms with van der Waals surface area (Å²) in [6, 6.07) is 1.70. The van der Waals surface area contributed by atoms with Gasteiger partial charge in [0, 0.05) is 59.3 Å². The summed E-state index contributed by atoms with van der Waals surface area (Å²) in [5.74, 6) is -0.182. The zero-order valence-electron chi connectivity index (χ0n) is 19.8. The Bertz CT molecular complexity index is 668. The van der Waals surface area contributed by atoms with Gasteiger partial charge in [0.25, 0.3) is 0 Å². The Labute approximate surface area is 191 Å². The molecule has 2 saturated carbocycles. The quantitative estimate of drug-likeness (QED) is 0.473. The van der Waals surface area contributed by atoms with Crippen molar-refractivity contribution in [3.05, 3.63) is 0 Å². The third kappa shape index (κ3) is 4.21. The lowest BCUT2D eigenvalue weighted by Crippen LogP contribution is -2.95.